The van der Waals surface area contributed by atoms with E-state index in [0.29, 0.717) is 30.8 Å². The van der Waals surface area contributed by atoms with Gasteiger partial charge in [-0.1, -0.05) is 13.8 Å². The molecule has 2 aromatic rings. The van der Waals surface area contributed by atoms with Crippen molar-refractivity contribution in [2.24, 2.45) is 13.0 Å². The summed E-state index contributed by atoms with van der Waals surface area (Å²) < 4.78 is 7.23. The highest BCUT2D eigenvalue weighted by Gasteiger charge is 2.09. The highest BCUT2D eigenvalue weighted by Crippen LogP contribution is 2.16. The van der Waals surface area contributed by atoms with Gasteiger partial charge in [0.2, 0.25) is 0 Å². The van der Waals surface area contributed by atoms with Gasteiger partial charge < -0.3 is 10.5 Å². The second-order valence-corrected chi connectivity index (χ2v) is 4.77. The third-order valence-corrected chi connectivity index (χ3v) is 2.74. The summed E-state index contributed by atoms with van der Waals surface area (Å²) in [6, 6.07) is 0. The van der Waals surface area contributed by atoms with Gasteiger partial charge in [-0.25, -0.2) is 9.97 Å². The minimum absolute atomic E-state index is 0.387. The monoisotopic (exact) mass is 249 g/mol. The van der Waals surface area contributed by atoms with Crippen LogP contribution in [0.5, 0.6) is 0 Å². The summed E-state index contributed by atoms with van der Waals surface area (Å²) in [7, 11) is 1.83. The molecular formula is C12H19N5O. The van der Waals surface area contributed by atoms with Crippen LogP contribution >= 0.6 is 0 Å². The molecule has 0 bridgehead atoms. The van der Waals surface area contributed by atoms with Crippen LogP contribution < -0.4 is 5.73 Å². The number of aromatic nitrogens is 4. The molecule has 6 nitrogen and oxygen atoms in total. The number of hydrogen-bond donors (Lipinski definition) is 1. The smallest absolute Gasteiger partial charge is 0.163 e. The molecule has 2 N–H and O–H groups in total. The zero-order valence-electron chi connectivity index (χ0n) is 11.1. The van der Waals surface area contributed by atoms with Crippen molar-refractivity contribution in [3.63, 3.8) is 0 Å². The third kappa shape index (κ3) is 2.76. The normalized spacial score (nSPS) is 11.6. The van der Waals surface area contributed by atoms with E-state index in [1.54, 1.807) is 10.9 Å². The third-order valence-electron chi connectivity index (χ3n) is 2.74. The van der Waals surface area contributed by atoms with E-state index in [9.17, 15) is 0 Å². The fraction of sp³-hybridized carbons (Fsp3) is 0.583. The standard InChI is InChI=1S/C12H19N5O/c1-8(2)4-5-18-7-10-15-11(13)9-6-14-17(3)12(9)16-10/h6,8H,4-5,7H2,1-3H3,(H2,13,15,16). The van der Waals surface area contributed by atoms with Crippen molar-refractivity contribution < 1.29 is 4.74 Å². The summed E-state index contributed by atoms with van der Waals surface area (Å²) >= 11 is 0. The Bertz CT molecular complexity index is 534. The van der Waals surface area contributed by atoms with E-state index in [4.69, 9.17) is 10.5 Å². The van der Waals surface area contributed by atoms with Crippen molar-refractivity contribution in [3.05, 3.63) is 12.0 Å². The molecule has 0 amide bonds. The first-order chi connectivity index (χ1) is 8.58. The zero-order chi connectivity index (χ0) is 13.1. The Morgan fingerprint density at radius 1 is 1.39 bits per heavy atom. The van der Waals surface area contributed by atoms with Crippen LogP contribution in [0, 0.1) is 5.92 Å². The molecule has 0 aliphatic rings. The Labute approximate surface area is 106 Å². The van der Waals surface area contributed by atoms with Crippen LogP contribution in [-0.4, -0.2) is 26.4 Å². The van der Waals surface area contributed by atoms with Crippen molar-refractivity contribution in [1.82, 2.24) is 19.7 Å². The summed E-state index contributed by atoms with van der Waals surface area (Å²) in [5, 5.41) is 4.89. The lowest BCUT2D eigenvalue weighted by atomic mass is 10.1. The summed E-state index contributed by atoms with van der Waals surface area (Å²) in [6.07, 6.45) is 2.71. The molecule has 0 aliphatic carbocycles. The molecule has 18 heavy (non-hydrogen) atoms. The number of ether oxygens (including phenoxy) is 1. The van der Waals surface area contributed by atoms with Gasteiger partial charge in [0.1, 0.15) is 12.4 Å². The van der Waals surface area contributed by atoms with Crippen molar-refractivity contribution in [1.29, 1.82) is 0 Å². The molecule has 6 heteroatoms. The summed E-state index contributed by atoms with van der Waals surface area (Å²) in [6.45, 7) is 5.43. The van der Waals surface area contributed by atoms with Crippen LogP contribution in [-0.2, 0) is 18.4 Å². The average Bonchev–Trinajstić information content (AvgIpc) is 2.67. The maximum atomic E-state index is 5.86. The Hall–Kier alpha value is -1.69. The van der Waals surface area contributed by atoms with E-state index in [1.807, 2.05) is 7.05 Å². The summed E-state index contributed by atoms with van der Waals surface area (Å²) in [5.74, 6) is 1.69. The van der Waals surface area contributed by atoms with E-state index < -0.39 is 0 Å². The predicted molar refractivity (Wildman–Crippen MR) is 69.8 cm³/mol. The first-order valence-corrected chi connectivity index (χ1v) is 6.09. The Morgan fingerprint density at radius 2 is 2.17 bits per heavy atom. The number of rotatable bonds is 5. The number of nitrogens with two attached hydrogens (primary N) is 1. The van der Waals surface area contributed by atoms with Crippen LogP contribution in [0.2, 0.25) is 0 Å². The molecular weight excluding hydrogens is 230 g/mol. The Morgan fingerprint density at radius 3 is 2.89 bits per heavy atom. The Kier molecular flexibility index (Phi) is 3.76. The molecule has 0 aliphatic heterocycles. The van der Waals surface area contributed by atoms with E-state index >= 15 is 0 Å². The molecule has 2 heterocycles. The van der Waals surface area contributed by atoms with Gasteiger partial charge in [0.05, 0.1) is 11.6 Å². The van der Waals surface area contributed by atoms with Crippen molar-refractivity contribution >= 4 is 16.9 Å². The molecule has 98 valence electrons. The van der Waals surface area contributed by atoms with Crippen LogP contribution in [0.3, 0.4) is 0 Å². The quantitative estimate of drug-likeness (QED) is 0.812. The van der Waals surface area contributed by atoms with Gasteiger partial charge in [0, 0.05) is 13.7 Å². The fourth-order valence-corrected chi connectivity index (χ4v) is 1.64. The van der Waals surface area contributed by atoms with Gasteiger partial charge in [-0.3, -0.25) is 4.68 Å². The molecule has 2 aromatic heterocycles. The molecule has 0 fully saturated rings. The lowest BCUT2D eigenvalue weighted by Gasteiger charge is -2.06. The SMILES string of the molecule is CC(C)CCOCc1nc(N)c2cnn(C)c2n1. The van der Waals surface area contributed by atoms with Crippen LogP contribution in [0.4, 0.5) is 5.82 Å². The van der Waals surface area contributed by atoms with E-state index in [0.717, 1.165) is 17.5 Å². The number of nitrogens with zero attached hydrogens (tertiary/aromatic N) is 4. The van der Waals surface area contributed by atoms with Gasteiger partial charge in [0.15, 0.2) is 11.5 Å². The van der Waals surface area contributed by atoms with Gasteiger partial charge >= 0.3 is 0 Å². The minimum atomic E-state index is 0.387. The molecule has 0 radical (unpaired) electrons. The van der Waals surface area contributed by atoms with Gasteiger partial charge in [-0.15, -0.1) is 0 Å². The maximum absolute atomic E-state index is 5.86. The van der Waals surface area contributed by atoms with Crippen LogP contribution in [0.25, 0.3) is 11.0 Å². The predicted octanol–water partition coefficient (Wildman–Crippen LogP) is 1.51. The van der Waals surface area contributed by atoms with Crippen molar-refractivity contribution in [2.45, 2.75) is 26.9 Å². The second kappa shape index (κ2) is 5.30. The highest BCUT2D eigenvalue weighted by molar-refractivity contribution is 5.84. The average molecular weight is 249 g/mol. The van der Waals surface area contributed by atoms with E-state index in [-0.39, 0.29) is 0 Å². The molecule has 0 aromatic carbocycles. The first-order valence-electron chi connectivity index (χ1n) is 6.09. The second-order valence-electron chi connectivity index (χ2n) is 4.77. The number of hydrogen-bond acceptors (Lipinski definition) is 5. The van der Waals surface area contributed by atoms with Gasteiger partial charge in [0.25, 0.3) is 0 Å². The molecule has 0 saturated carbocycles. The molecule has 0 spiro atoms. The number of aryl methyl sites for hydroxylation is 1. The van der Waals surface area contributed by atoms with Crippen molar-refractivity contribution in [2.75, 3.05) is 12.3 Å². The first kappa shape index (κ1) is 12.8. The maximum Gasteiger partial charge on any atom is 0.163 e. The molecule has 0 unspecified atom stereocenters. The number of nitrogen functional groups attached to an aromatic ring is 1. The fourth-order valence-electron chi connectivity index (χ4n) is 1.64. The number of fused-ring (bicyclic) bond motifs is 1. The lowest BCUT2D eigenvalue weighted by molar-refractivity contribution is 0.106. The molecule has 0 atom stereocenters. The van der Waals surface area contributed by atoms with E-state index in [1.165, 1.54) is 0 Å². The summed E-state index contributed by atoms with van der Waals surface area (Å²) in [5.41, 5.74) is 6.60. The molecule has 0 saturated heterocycles. The van der Waals surface area contributed by atoms with Gasteiger partial charge in [-0.2, -0.15) is 5.10 Å². The topological polar surface area (TPSA) is 78.9 Å². The number of anilines is 1. The summed E-state index contributed by atoms with van der Waals surface area (Å²) in [4.78, 5) is 8.62. The van der Waals surface area contributed by atoms with Crippen LogP contribution in [0.1, 0.15) is 26.1 Å². The highest BCUT2D eigenvalue weighted by atomic mass is 16.5. The van der Waals surface area contributed by atoms with E-state index in [2.05, 4.69) is 28.9 Å². The minimum Gasteiger partial charge on any atom is -0.383 e. The zero-order valence-corrected chi connectivity index (χ0v) is 11.1. The molecule has 2 rings (SSSR count). The largest absolute Gasteiger partial charge is 0.383 e. The van der Waals surface area contributed by atoms with Gasteiger partial charge in [-0.05, 0) is 12.3 Å². The lowest BCUT2D eigenvalue weighted by Crippen LogP contribution is -2.06. The Balaban J connectivity index is 2.07. The van der Waals surface area contributed by atoms with Crippen molar-refractivity contribution in [3.8, 4) is 0 Å². The van der Waals surface area contributed by atoms with Crippen LogP contribution in [0.15, 0.2) is 6.20 Å².